The van der Waals surface area contributed by atoms with Crippen LogP contribution < -0.4 is 0 Å². The van der Waals surface area contributed by atoms with Gasteiger partial charge in [-0.3, -0.25) is 4.90 Å². The summed E-state index contributed by atoms with van der Waals surface area (Å²) in [6, 6.07) is 4.86. The Morgan fingerprint density at radius 3 is 2.82 bits per heavy atom. The average Bonchev–Trinajstić information content (AvgIpc) is 2.90. The van der Waals surface area contributed by atoms with E-state index in [4.69, 9.17) is 0 Å². The molecule has 0 aromatic carbocycles. The summed E-state index contributed by atoms with van der Waals surface area (Å²) < 4.78 is 0. The Hall–Kier alpha value is -0.380. The number of rotatable bonds is 5. The van der Waals surface area contributed by atoms with Crippen LogP contribution in [0.3, 0.4) is 0 Å². The molecule has 17 heavy (non-hydrogen) atoms. The zero-order valence-electron chi connectivity index (χ0n) is 10.8. The number of hydrogen-bond acceptors (Lipinski definition) is 3. The van der Waals surface area contributed by atoms with Crippen molar-refractivity contribution in [2.24, 2.45) is 5.92 Å². The molecule has 0 amide bonds. The minimum absolute atomic E-state index is 0.0698. The van der Waals surface area contributed by atoms with Gasteiger partial charge in [0.25, 0.3) is 0 Å². The minimum atomic E-state index is -0.0698. The first-order chi connectivity index (χ1) is 8.16. The van der Waals surface area contributed by atoms with Crippen molar-refractivity contribution < 1.29 is 5.11 Å². The van der Waals surface area contributed by atoms with Crippen molar-refractivity contribution in [1.29, 1.82) is 0 Å². The second-order valence-corrected chi connectivity index (χ2v) is 6.39. The predicted molar refractivity (Wildman–Crippen MR) is 73.2 cm³/mol. The molecular formula is C14H23NOS. The lowest BCUT2D eigenvalue weighted by molar-refractivity contribution is 0.0882. The molecule has 0 saturated heterocycles. The van der Waals surface area contributed by atoms with E-state index < -0.39 is 0 Å². The number of nitrogens with zero attached hydrogens (tertiary/aromatic N) is 1. The van der Waals surface area contributed by atoms with Gasteiger partial charge in [-0.05, 0) is 44.1 Å². The molecule has 1 aromatic rings. The maximum atomic E-state index is 9.92. The van der Waals surface area contributed by atoms with Gasteiger partial charge in [-0.1, -0.05) is 12.5 Å². The van der Waals surface area contributed by atoms with Crippen molar-refractivity contribution in [3.63, 3.8) is 0 Å². The molecule has 3 heteroatoms. The Kier molecular flexibility index (Phi) is 4.60. The third-order valence-electron chi connectivity index (χ3n) is 3.76. The van der Waals surface area contributed by atoms with Crippen LogP contribution in [0.2, 0.25) is 0 Å². The first kappa shape index (κ1) is 13.1. The molecule has 2 rings (SSSR count). The lowest BCUT2D eigenvalue weighted by Gasteiger charge is -2.30. The van der Waals surface area contributed by atoms with Crippen LogP contribution in [0.1, 0.15) is 38.0 Å². The van der Waals surface area contributed by atoms with Crippen LogP contribution in [0.5, 0.6) is 0 Å². The van der Waals surface area contributed by atoms with Gasteiger partial charge in [0.2, 0.25) is 0 Å². The summed E-state index contributed by atoms with van der Waals surface area (Å²) in [5.74, 6) is 0.484. The van der Waals surface area contributed by atoms with E-state index in [-0.39, 0.29) is 6.10 Å². The summed E-state index contributed by atoms with van der Waals surface area (Å²) in [6.45, 7) is 6.55. The van der Waals surface area contributed by atoms with Gasteiger partial charge in [0.1, 0.15) is 0 Å². The van der Waals surface area contributed by atoms with Crippen LogP contribution in [0.25, 0.3) is 0 Å². The molecule has 0 spiro atoms. The van der Waals surface area contributed by atoms with Gasteiger partial charge < -0.3 is 5.11 Å². The molecule has 1 fully saturated rings. The van der Waals surface area contributed by atoms with Crippen molar-refractivity contribution in [3.8, 4) is 0 Å². The maximum Gasteiger partial charge on any atom is 0.0580 e. The van der Waals surface area contributed by atoms with E-state index in [2.05, 4.69) is 36.3 Å². The molecule has 96 valence electrons. The first-order valence-electron chi connectivity index (χ1n) is 6.61. The van der Waals surface area contributed by atoms with Crippen LogP contribution in [-0.2, 0) is 6.54 Å². The highest BCUT2D eigenvalue weighted by molar-refractivity contribution is 7.09. The highest BCUT2D eigenvalue weighted by atomic mass is 32.1. The molecule has 0 bridgehead atoms. The molecule has 1 aliphatic rings. The second-order valence-electron chi connectivity index (χ2n) is 5.36. The lowest BCUT2D eigenvalue weighted by Crippen LogP contribution is -2.36. The van der Waals surface area contributed by atoms with E-state index in [1.54, 1.807) is 0 Å². The second kappa shape index (κ2) is 5.98. The molecular weight excluding hydrogens is 230 g/mol. The number of aliphatic hydroxyl groups excluding tert-OH is 1. The third kappa shape index (κ3) is 3.54. The Bertz CT molecular complexity index is 323. The molecule has 1 saturated carbocycles. The van der Waals surface area contributed by atoms with Crippen molar-refractivity contribution in [2.45, 2.75) is 51.8 Å². The normalized spacial score (nSPS) is 25.0. The van der Waals surface area contributed by atoms with Gasteiger partial charge in [-0.15, -0.1) is 11.3 Å². The fourth-order valence-electron chi connectivity index (χ4n) is 2.59. The van der Waals surface area contributed by atoms with Crippen LogP contribution >= 0.6 is 11.3 Å². The SMILES string of the molecule is CC(C)N(Cc1cccs1)CC1CCCC1O. The van der Waals surface area contributed by atoms with E-state index in [1.165, 1.54) is 17.7 Å². The molecule has 2 nitrogen and oxygen atoms in total. The van der Waals surface area contributed by atoms with Crippen molar-refractivity contribution >= 4 is 11.3 Å². The first-order valence-corrected chi connectivity index (χ1v) is 7.49. The van der Waals surface area contributed by atoms with E-state index >= 15 is 0 Å². The number of thiophene rings is 1. The molecule has 0 aliphatic heterocycles. The highest BCUT2D eigenvalue weighted by Crippen LogP contribution is 2.27. The molecule has 1 heterocycles. The largest absolute Gasteiger partial charge is 0.393 e. The summed E-state index contributed by atoms with van der Waals surface area (Å²) in [5.41, 5.74) is 0. The van der Waals surface area contributed by atoms with Crippen LogP contribution in [0.15, 0.2) is 17.5 Å². The summed E-state index contributed by atoms with van der Waals surface area (Å²) >= 11 is 1.82. The average molecular weight is 253 g/mol. The fraction of sp³-hybridized carbons (Fsp3) is 0.714. The Morgan fingerprint density at radius 2 is 2.29 bits per heavy atom. The smallest absolute Gasteiger partial charge is 0.0580 e. The van der Waals surface area contributed by atoms with Gasteiger partial charge in [-0.2, -0.15) is 0 Å². The van der Waals surface area contributed by atoms with E-state index in [0.717, 1.165) is 19.5 Å². The monoisotopic (exact) mass is 253 g/mol. The van der Waals surface area contributed by atoms with E-state index in [0.29, 0.717) is 12.0 Å². The lowest BCUT2D eigenvalue weighted by atomic mass is 10.0. The van der Waals surface area contributed by atoms with E-state index in [9.17, 15) is 5.11 Å². The molecule has 1 aliphatic carbocycles. The van der Waals surface area contributed by atoms with Gasteiger partial charge in [0, 0.05) is 24.0 Å². The van der Waals surface area contributed by atoms with Crippen molar-refractivity contribution in [2.75, 3.05) is 6.54 Å². The van der Waals surface area contributed by atoms with Crippen LogP contribution in [0, 0.1) is 5.92 Å². The van der Waals surface area contributed by atoms with Gasteiger partial charge >= 0.3 is 0 Å². The maximum absolute atomic E-state index is 9.92. The molecule has 2 unspecified atom stereocenters. The van der Waals surface area contributed by atoms with Gasteiger partial charge in [0.05, 0.1) is 6.10 Å². The molecule has 0 radical (unpaired) electrons. The summed E-state index contributed by atoms with van der Waals surface area (Å²) in [5, 5.41) is 12.1. The quantitative estimate of drug-likeness (QED) is 0.871. The highest BCUT2D eigenvalue weighted by Gasteiger charge is 2.27. The molecule has 2 atom stereocenters. The predicted octanol–water partition coefficient (Wildman–Crippen LogP) is 3.12. The fourth-order valence-corrected chi connectivity index (χ4v) is 3.32. The Balaban J connectivity index is 1.93. The van der Waals surface area contributed by atoms with Gasteiger partial charge in [0.15, 0.2) is 0 Å². The topological polar surface area (TPSA) is 23.5 Å². The third-order valence-corrected chi connectivity index (χ3v) is 4.62. The Morgan fingerprint density at radius 1 is 1.47 bits per heavy atom. The van der Waals surface area contributed by atoms with Crippen molar-refractivity contribution in [1.82, 2.24) is 4.90 Å². The van der Waals surface area contributed by atoms with Crippen molar-refractivity contribution in [3.05, 3.63) is 22.4 Å². The Labute approximate surface area is 108 Å². The molecule has 1 aromatic heterocycles. The minimum Gasteiger partial charge on any atom is -0.393 e. The van der Waals surface area contributed by atoms with Crippen LogP contribution in [0.4, 0.5) is 0 Å². The molecule has 1 N–H and O–H groups in total. The summed E-state index contributed by atoms with van der Waals surface area (Å²) in [4.78, 5) is 3.91. The van der Waals surface area contributed by atoms with E-state index in [1.807, 2.05) is 11.3 Å². The van der Waals surface area contributed by atoms with Gasteiger partial charge in [-0.25, -0.2) is 0 Å². The zero-order valence-corrected chi connectivity index (χ0v) is 11.6. The summed E-state index contributed by atoms with van der Waals surface area (Å²) in [6.07, 6.45) is 3.31. The zero-order chi connectivity index (χ0) is 12.3. The van der Waals surface area contributed by atoms with Crippen LogP contribution in [-0.4, -0.2) is 28.7 Å². The number of aliphatic hydroxyl groups is 1. The number of hydrogen-bond donors (Lipinski definition) is 1. The standard InChI is InChI=1S/C14H23NOS/c1-11(2)15(10-13-6-4-8-17-13)9-12-5-3-7-14(12)16/h4,6,8,11-12,14,16H,3,5,7,9-10H2,1-2H3. The summed E-state index contributed by atoms with van der Waals surface area (Å²) in [7, 11) is 0.